The van der Waals surface area contributed by atoms with Gasteiger partial charge >= 0.3 is 0 Å². The van der Waals surface area contributed by atoms with Crippen molar-refractivity contribution >= 4 is 21.8 Å². The summed E-state index contributed by atoms with van der Waals surface area (Å²) in [5.74, 6) is -0.631. The average Bonchev–Trinajstić information content (AvgIpc) is 2.43. The highest BCUT2D eigenvalue weighted by molar-refractivity contribution is 7.88. The van der Waals surface area contributed by atoms with E-state index < -0.39 is 16.1 Å². The predicted molar refractivity (Wildman–Crippen MR) is 92.5 cm³/mol. The Labute approximate surface area is 143 Å². The van der Waals surface area contributed by atoms with Crippen molar-refractivity contribution in [3.8, 4) is 0 Å². The highest BCUT2D eigenvalue weighted by Gasteiger charge is 2.14. The summed E-state index contributed by atoms with van der Waals surface area (Å²) >= 11 is 0. The van der Waals surface area contributed by atoms with Crippen molar-refractivity contribution in [3.05, 3.63) is 35.4 Å². The summed E-state index contributed by atoms with van der Waals surface area (Å²) in [6, 6.07) is 6.23. The zero-order chi connectivity index (χ0) is 18.3. The van der Waals surface area contributed by atoms with Gasteiger partial charge in [0.15, 0.2) is 0 Å². The Kier molecular flexibility index (Phi) is 7.37. The van der Waals surface area contributed by atoms with Crippen molar-refractivity contribution in [1.29, 1.82) is 0 Å². The SMILES string of the molecule is CC(=O)NC(C)C(=O)NCc1ccc(CS(=O)(=O)NC(C)C)cc1. The lowest BCUT2D eigenvalue weighted by Crippen LogP contribution is -2.43. The summed E-state index contributed by atoms with van der Waals surface area (Å²) in [5, 5.41) is 5.22. The van der Waals surface area contributed by atoms with Gasteiger partial charge in [-0.3, -0.25) is 9.59 Å². The first-order valence-corrected chi connectivity index (χ1v) is 9.37. The van der Waals surface area contributed by atoms with Gasteiger partial charge in [0.1, 0.15) is 6.04 Å². The topological polar surface area (TPSA) is 104 Å². The maximum Gasteiger partial charge on any atom is 0.242 e. The second-order valence-corrected chi connectivity index (χ2v) is 7.74. The molecule has 0 aliphatic carbocycles. The number of amides is 2. The number of carbonyl (C=O) groups excluding carboxylic acids is 2. The molecule has 0 saturated heterocycles. The summed E-state index contributed by atoms with van der Waals surface area (Å²) in [4.78, 5) is 22.7. The largest absolute Gasteiger partial charge is 0.350 e. The second-order valence-electron chi connectivity index (χ2n) is 5.99. The highest BCUT2D eigenvalue weighted by Crippen LogP contribution is 2.08. The molecule has 0 bridgehead atoms. The van der Waals surface area contributed by atoms with Crippen LogP contribution in [0.2, 0.25) is 0 Å². The van der Waals surface area contributed by atoms with E-state index in [0.29, 0.717) is 12.1 Å². The molecule has 1 aromatic carbocycles. The fourth-order valence-electron chi connectivity index (χ4n) is 2.09. The van der Waals surface area contributed by atoms with Gasteiger partial charge in [-0.25, -0.2) is 13.1 Å². The number of nitrogens with one attached hydrogen (secondary N) is 3. The summed E-state index contributed by atoms with van der Waals surface area (Å²) in [7, 11) is -3.36. The predicted octanol–water partition coefficient (Wildman–Crippen LogP) is 0.655. The van der Waals surface area contributed by atoms with Crippen LogP contribution in [0.5, 0.6) is 0 Å². The van der Waals surface area contributed by atoms with Crippen LogP contribution in [0.1, 0.15) is 38.8 Å². The minimum Gasteiger partial charge on any atom is -0.350 e. The molecule has 0 fully saturated rings. The van der Waals surface area contributed by atoms with Gasteiger partial charge in [-0.15, -0.1) is 0 Å². The molecule has 0 aromatic heterocycles. The van der Waals surface area contributed by atoms with Crippen LogP contribution < -0.4 is 15.4 Å². The third-order valence-corrected chi connectivity index (χ3v) is 4.62. The molecule has 3 N–H and O–H groups in total. The molecule has 1 aromatic rings. The molecule has 7 nitrogen and oxygen atoms in total. The van der Waals surface area contributed by atoms with Crippen LogP contribution in [0.3, 0.4) is 0 Å². The lowest BCUT2D eigenvalue weighted by molar-refractivity contribution is -0.127. The van der Waals surface area contributed by atoms with Crippen LogP contribution in [0, 0.1) is 0 Å². The zero-order valence-electron chi connectivity index (χ0n) is 14.4. The molecule has 0 radical (unpaired) electrons. The molecule has 0 aliphatic heterocycles. The van der Waals surface area contributed by atoms with Crippen LogP contribution in [0.15, 0.2) is 24.3 Å². The van der Waals surface area contributed by atoms with Gasteiger partial charge in [0.25, 0.3) is 0 Å². The number of hydrogen-bond acceptors (Lipinski definition) is 4. The Balaban J connectivity index is 2.56. The zero-order valence-corrected chi connectivity index (χ0v) is 15.2. The first kappa shape index (κ1) is 20.1. The first-order chi connectivity index (χ1) is 11.1. The maximum atomic E-state index is 11.9. The van der Waals surface area contributed by atoms with Gasteiger partial charge in [0.2, 0.25) is 21.8 Å². The van der Waals surface area contributed by atoms with Gasteiger partial charge in [-0.1, -0.05) is 24.3 Å². The Hall–Kier alpha value is -1.93. The summed E-state index contributed by atoms with van der Waals surface area (Å²) < 4.78 is 26.3. The Morgan fingerprint density at radius 2 is 1.58 bits per heavy atom. The molecule has 2 amide bonds. The van der Waals surface area contributed by atoms with E-state index >= 15 is 0 Å². The second kappa shape index (κ2) is 8.79. The number of hydrogen-bond donors (Lipinski definition) is 3. The fraction of sp³-hybridized carbons (Fsp3) is 0.500. The molecule has 0 aliphatic rings. The van der Waals surface area contributed by atoms with E-state index in [2.05, 4.69) is 15.4 Å². The Morgan fingerprint density at radius 3 is 2.08 bits per heavy atom. The number of sulfonamides is 1. The lowest BCUT2D eigenvalue weighted by atomic mass is 10.1. The average molecular weight is 355 g/mol. The van der Waals surface area contributed by atoms with Crippen molar-refractivity contribution in [2.24, 2.45) is 0 Å². The minimum atomic E-state index is -3.36. The number of rotatable bonds is 8. The molecular formula is C16H25N3O4S. The molecular weight excluding hydrogens is 330 g/mol. The van der Waals surface area contributed by atoms with Gasteiger partial charge in [0, 0.05) is 19.5 Å². The van der Waals surface area contributed by atoms with E-state index in [1.54, 1.807) is 45.0 Å². The molecule has 0 spiro atoms. The van der Waals surface area contributed by atoms with Crippen molar-refractivity contribution in [2.75, 3.05) is 0 Å². The van der Waals surface area contributed by atoms with Crippen LogP contribution in [-0.2, 0) is 31.9 Å². The molecule has 134 valence electrons. The summed E-state index contributed by atoms with van der Waals surface area (Å²) in [5.41, 5.74) is 1.51. The van der Waals surface area contributed by atoms with E-state index in [1.165, 1.54) is 6.92 Å². The van der Waals surface area contributed by atoms with E-state index in [1.807, 2.05) is 0 Å². The fourth-order valence-corrected chi connectivity index (χ4v) is 3.52. The monoisotopic (exact) mass is 355 g/mol. The Bertz CT molecular complexity index is 669. The first-order valence-electron chi connectivity index (χ1n) is 7.71. The van der Waals surface area contributed by atoms with Gasteiger partial charge in [0.05, 0.1) is 5.75 Å². The molecule has 1 rings (SSSR count). The van der Waals surface area contributed by atoms with Crippen LogP contribution in [-0.4, -0.2) is 32.3 Å². The molecule has 24 heavy (non-hydrogen) atoms. The maximum absolute atomic E-state index is 11.9. The van der Waals surface area contributed by atoms with Crippen LogP contribution in [0.4, 0.5) is 0 Å². The van der Waals surface area contributed by atoms with E-state index in [4.69, 9.17) is 0 Å². The number of benzene rings is 1. The van der Waals surface area contributed by atoms with Gasteiger partial charge in [-0.2, -0.15) is 0 Å². The third kappa shape index (κ3) is 7.56. The van der Waals surface area contributed by atoms with Gasteiger partial charge in [-0.05, 0) is 31.9 Å². The third-order valence-electron chi connectivity index (χ3n) is 3.07. The molecule has 0 saturated carbocycles. The van der Waals surface area contributed by atoms with Gasteiger partial charge < -0.3 is 10.6 Å². The molecule has 0 heterocycles. The van der Waals surface area contributed by atoms with Crippen LogP contribution >= 0.6 is 0 Å². The number of carbonyl (C=O) groups is 2. The summed E-state index contributed by atoms with van der Waals surface area (Å²) in [6.07, 6.45) is 0. The minimum absolute atomic E-state index is 0.0859. The normalized spacial score (nSPS) is 12.7. The van der Waals surface area contributed by atoms with Crippen molar-refractivity contribution in [1.82, 2.24) is 15.4 Å². The van der Waals surface area contributed by atoms with Crippen molar-refractivity contribution in [3.63, 3.8) is 0 Å². The molecule has 1 unspecified atom stereocenters. The van der Waals surface area contributed by atoms with Crippen LogP contribution in [0.25, 0.3) is 0 Å². The standard InChI is InChI=1S/C16H25N3O4S/c1-11(2)19-24(22,23)10-15-7-5-14(6-8-15)9-17-16(21)12(3)18-13(4)20/h5-8,11-12,19H,9-10H2,1-4H3,(H,17,21)(H,18,20). The van der Waals surface area contributed by atoms with E-state index in [-0.39, 0.29) is 23.6 Å². The smallest absolute Gasteiger partial charge is 0.242 e. The van der Waals surface area contributed by atoms with E-state index in [0.717, 1.165) is 5.56 Å². The molecule has 1 atom stereocenters. The quantitative estimate of drug-likeness (QED) is 0.637. The molecule has 8 heteroatoms. The van der Waals surface area contributed by atoms with Crippen molar-refractivity contribution < 1.29 is 18.0 Å². The summed E-state index contributed by atoms with van der Waals surface area (Å²) in [6.45, 7) is 6.80. The Morgan fingerprint density at radius 1 is 1.04 bits per heavy atom. The lowest BCUT2D eigenvalue weighted by Gasteiger charge is -2.13. The van der Waals surface area contributed by atoms with Crippen molar-refractivity contribution in [2.45, 2.75) is 52.1 Å². The van der Waals surface area contributed by atoms with E-state index in [9.17, 15) is 18.0 Å². The highest BCUT2D eigenvalue weighted by atomic mass is 32.2.